The molecule has 146 valence electrons. The number of benzene rings is 1. The Morgan fingerprint density at radius 1 is 1.14 bits per heavy atom. The molecule has 0 aliphatic heterocycles. The molecule has 1 aromatic carbocycles. The largest absolute Gasteiger partial charge is 0.462 e. The van der Waals surface area contributed by atoms with Gasteiger partial charge in [0.2, 0.25) is 5.16 Å². The van der Waals surface area contributed by atoms with Crippen LogP contribution in [0.15, 0.2) is 29.4 Å². The maximum Gasteiger partial charge on any atom is 0.338 e. The van der Waals surface area contributed by atoms with Crippen LogP contribution in [0.25, 0.3) is 5.78 Å². The molecule has 0 unspecified atom stereocenters. The highest BCUT2D eigenvalue weighted by atomic mass is 32.2. The van der Waals surface area contributed by atoms with Crippen molar-refractivity contribution in [1.29, 1.82) is 0 Å². The first-order valence-electron chi connectivity index (χ1n) is 8.67. The molecule has 9 heteroatoms. The van der Waals surface area contributed by atoms with Gasteiger partial charge in [0.05, 0.1) is 18.6 Å². The van der Waals surface area contributed by atoms with Crippen LogP contribution in [0.4, 0.5) is 0 Å². The average molecular weight is 400 g/mol. The van der Waals surface area contributed by atoms with Gasteiger partial charge in [0.15, 0.2) is 0 Å². The second kappa shape index (κ2) is 8.39. The van der Waals surface area contributed by atoms with Crippen molar-refractivity contribution in [3.05, 3.63) is 46.8 Å². The summed E-state index contributed by atoms with van der Waals surface area (Å²) < 4.78 is 12.0. The molecule has 28 heavy (non-hydrogen) atoms. The minimum Gasteiger partial charge on any atom is -0.462 e. The summed E-state index contributed by atoms with van der Waals surface area (Å²) >= 11 is 1.43. The molecule has 0 aliphatic rings. The minimum atomic E-state index is -0.429. The van der Waals surface area contributed by atoms with E-state index in [2.05, 4.69) is 15.1 Å². The Bertz CT molecular complexity index is 1030. The Morgan fingerprint density at radius 2 is 1.86 bits per heavy atom. The van der Waals surface area contributed by atoms with Gasteiger partial charge < -0.3 is 9.47 Å². The Kier molecular flexibility index (Phi) is 5.93. The predicted molar refractivity (Wildman–Crippen MR) is 104 cm³/mol. The van der Waals surface area contributed by atoms with Gasteiger partial charge in [-0.3, -0.25) is 4.79 Å². The molecule has 0 N–H and O–H groups in total. The van der Waals surface area contributed by atoms with Crippen LogP contribution in [0.3, 0.4) is 0 Å². The number of nitrogens with zero attached hydrogens (tertiary/aromatic N) is 4. The monoisotopic (exact) mass is 400 g/mol. The molecule has 2 heterocycles. The van der Waals surface area contributed by atoms with Gasteiger partial charge in [0.1, 0.15) is 5.75 Å². The topological polar surface area (TPSA) is 95.7 Å². The van der Waals surface area contributed by atoms with Gasteiger partial charge >= 0.3 is 11.9 Å². The van der Waals surface area contributed by atoms with Gasteiger partial charge in [-0.15, -0.1) is 5.10 Å². The highest BCUT2D eigenvalue weighted by Gasteiger charge is 2.17. The van der Waals surface area contributed by atoms with Crippen molar-refractivity contribution < 1.29 is 19.1 Å². The quantitative estimate of drug-likeness (QED) is 0.354. The van der Waals surface area contributed by atoms with Gasteiger partial charge in [-0.2, -0.15) is 4.98 Å². The number of hydrogen-bond donors (Lipinski definition) is 0. The van der Waals surface area contributed by atoms with Gasteiger partial charge in [-0.1, -0.05) is 11.8 Å². The lowest BCUT2D eigenvalue weighted by Crippen LogP contribution is -2.15. The summed E-state index contributed by atoms with van der Waals surface area (Å²) in [6, 6.07) is 6.25. The number of rotatable bonds is 6. The summed E-state index contributed by atoms with van der Waals surface area (Å²) in [6.07, 6.45) is 1.94. The van der Waals surface area contributed by atoms with Gasteiger partial charge in [0.25, 0.3) is 5.78 Å². The molecule has 0 aliphatic carbocycles. The first kappa shape index (κ1) is 19.8. The van der Waals surface area contributed by atoms with Crippen LogP contribution in [0.1, 0.15) is 34.2 Å². The zero-order chi connectivity index (χ0) is 20.3. The smallest absolute Gasteiger partial charge is 0.338 e. The standard InChI is InChI=1S/C19H20N4O4S/c1-5-26-17(25)13-6-8-14(9-7-13)27-16(24)10-15-11(2)20-18-21-19(28-4)22-23(18)12(15)3/h6-9H,5,10H2,1-4H3. The van der Waals surface area contributed by atoms with E-state index in [0.29, 0.717) is 34.5 Å². The van der Waals surface area contributed by atoms with Gasteiger partial charge in [-0.05, 0) is 51.3 Å². The van der Waals surface area contributed by atoms with E-state index in [9.17, 15) is 9.59 Å². The zero-order valence-electron chi connectivity index (χ0n) is 16.1. The van der Waals surface area contributed by atoms with E-state index in [1.54, 1.807) is 35.7 Å². The third kappa shape index (κ3) is 4.14. The molecule has 3 rings (SSSR count). The van der Waals surface area contributed by atoms with Crippen LogP contribution in [0, 0.1) is 13.8 Å². The first-order chi connectivity index (χ1) is 13.4. The highest BCUT2D eigenvalue weighted by Crippen LogP contribution is 2.19. The maximum absolute atomic E-state index is 12.4. The van der Waals surface area contributed by atoms with E-state index >= 15 is 0 Å². The second-order valence-corrected chi connectivity index (χ2v) is 6.74. The van der Waals surface area contributed by atoms with Crippen molar-refractivity contribution in [2.75, 3.05) is 12.9 Å². The normalized spacial score (nSPS) is 10.9. The molecular formula is C19H20N4O4S. The maximum atomic E-state index is 12.4. The third-order valence-corrected chi connectivity index (χ3v) is 4.67. The van der Waals surface area contributed by atoms with Crippen LogP contribution in [-0.2, 0) is 16.0 Å². The van der Waals surface area contributed by atoms with Crippen molar-refractivity contribution in [3.63, 3.8) is 0 Å². The average Bonchev–Trinajstić information content (AvgIpc) is 3.09. The molecule has 0 bridgehead atoms. The van der Waals surface area contributed by atoms with Gasteiger partial charge in [-0.25, -0.2) is 14.3 Å². The molecule has 2 aromatic heterocycles. The van der Waals surface area contributed by atoms with E-state index in [1.807, 2.05) is 20.1 Å². The lowest BCUT2D eigenvalue weighted by molar-refractivity contribution is -0.133. The predicted octanol–water partition coefficient (Wildman–Crippen LogP) is 2.79. The third-order valence-electron chi connectivity index (χ3n) is 4.13. The van der Waals surface area contributed by atoms with E-state index in [-0.39, 0.29) is 6.42 Å². The highest BCUT2D eigenvalue weighted by molar-refractivity contribution is 7.98. The number of esters is 2. The number of ether oxygens (including phenoxy) is 2. The summed E-state index contributed by atoms with van der Waals surface area (Å²) in [5.41, 5.74) is 2.65. The lowest BCUT2D eigenvalue weighted by atomic mass is 10.1. The number of hydrogen-bond acceptors (Lipinski definition) is 8. The number of aryl methyl sites for hydroxylation is 2. The molecule has 8 nitrogen and oxygen atoms in total. The molecule has 0 atom stereocenters. The molecule has 0 amide bonds. The first-order valence-corrected chi connectivity index (χ1v) is 9.90. The molecular weight excluding hydrogens is 380 g/mol. The lowest BCUT2D eigenvalue weighted by Gasteiger charge is -2.10. The van der Waals surface area contributed by atoms with Crippen LogP contribution >= 0.6 is 11.8 Å². The molecule has 0 radical (unpaired) electrons. The number of carbonyl (C=O) groups excluding carboxylic acids is 2. The number of carbonyl (C=O) groups is 2. The Labute approximate surface area is 166 Å². The van der Waals surface area contributed by atoms with E-state index in [1.165, 1.54) is 11.8 Å². The fraction of sp³-hybridized carbons (Fsp3) is 0.316. The van der Waals surface area contributed by atoms with Gasteiger partial charge in [0, 0.05) is 17.0 Å². The van der Waals surface area contributed by atoms with E-state index in [0.717, 1.165) is 11.3 Å². The van der Waals surface area contributed by atoms with Crippen LogP contribution in [-0.4, -0.2) is 44.4 Å². The Morgan fingerprint density at radius 3 is 2.50 bits per heavy atom. The zero-order valence-corrected chi connectivity index (χ0v) is 16.9. The summed E-state index contributed by atoms with van der Waals surface area (Å²) in [7, 11) is 0. The molecule has 3 aromatic rings. The van der Waals surface area contributed by atoms with Crippen molar-refractivity contribution in [2.45, 2.75) is 32.3 Å². The van der Waals surface area contributed by atoms with Crippen LogP contribution < -0.4 is 4.74 Å². The van der Waals surface area contributed by atoms with Crippen LogP contribution in [0.5, 0.6) is 5.75 Å². The molecule has 0 spiro atoms. The Hall–Kier alpha value is -2.94. The fourth-order valence-electron chi connectivity index (χ4n) is 2.72. The van der Waals surface area contributed by atoms with E-state index in [4.69, 9.17) is 9.47 Å². The van der Waals surface area contributed by atoms with Crippen molar-refractivity contribution in [3.8, 4) is 5.75 Å². The van der Waals surface area contributed by atoms with E-state index < -0.39 is 11.9 Å². The van der Waals surface area contributed by atoms with Crippen molar-refractivity contribution in [2.24, 2.45) is 0 Å². The number of aromatic nitrogens is 4. The molecule has 0 fully saturated rings. The molecule has 0 saturated heterocycles. The van der Waals surface area contributed by atoms with Crippen molar-refractivity contribution >= 4 is 29.5 Å². The SMILES string of the molecule is CCOC(=O)c1ccc(OC(=O)Cc2c(C)nc3nc(SC)nn3c2C)cc1. The molecule has 0 saturated carbocycles. The van der Waals surface area contributed by atoms with Crippen molar-refractivity contribution in [1.82, 2.24) is 19.6 Å². The number of thioether (sulfide) groups is 1. The van der Waals surface area contributed by atoms with Crippen LogP contribution in [0.2, 0.25) is 0 Å². The number of fused-ring (bicyclic) bond motifs is 1. The summed E-state index contributed by atoms with van der Waals surface area (Å²) in [6.45, 7) is 5.75. The summed E-state index contributed by atoms with van der Waals surface area (Å²) in [5.74, 6) is 0.0173. The second-order valence-electron chi connectivity index (χ2n) is 5.97. The minimum absolute atomic E-state index is 0.0503. The summed E-state index contributed by atoms with van der Waals surface area (Å²) in [5, 5.41) is 5.00. The summed E-state index contributed by atoms with van der Waals surface area (Å²) in [4.78, 5) is 32.8. The fourth-order valence-corrected chi connectivity index (χ4v) is 3.05. The Balaban J connectivity index is 1.75.